The lowest BCUT2D eigenvalue weighted by atomic mass is 10.1. The summed E-state index contributed by atoms with van der Waals surface area (Å²) in [7, 11) is 0. The van der Waals surface area contributed by atoms with E-state index in [1.54, 1.807) is 31.2 Å². The summed E-state index contributed by atoms with van der Waals surface area (Å²) in [5, 5.41) is 16.3. The normalized spacial score (nSPS) is 11.6. The van der Waals surface area contributed by atoms with Crippen LogP contribution >= 0.6 is 0 Å². The maximum absolute atomic E-state index is 12.9. The second-order valence-corrected chi connectivity index (χ2v) is 5.00. The highest BCUT2D eigenvalue weighted by Gasteiger charge is 2.10. The van der Waals surface area contributed by atoms with E-state index >= 15 is 0 Å². The van der Waals surface area contributed by atoms with Gasteiger partial charge in [-0.15, -0.1) is 0 Å². The molecule has 2 N–H and O–H groups in total. The number of carbonyl (C=O) groups is 1. The number of amides is 1. The molecule has 0 heterocycles. The zero-order chi connectivity index (χ0) is 16.8. The molecule has 0 spiro atoms. The summed E-state index contributed by atoms with van der Waals surface area (Å²) in [6.07, 6.45) is 0. The third kappa shape index (κ3) is 4.77. The van der Waals surface area contributed by atoms with E-state index < -0.39 is 4.92 Å². The number of hydrogen-bond donors (Lipinski definition) is 2. The Bertz CT molecular complexity index is 704. The Balaban J connectivity index is 1.88. The van der Waals surface area contributed by atoms with Gasteiger partial charge in [-0.1, -0.05) is 18.2 Å². The minimum Gasteiger partial charge on any atom is -0.376 e. The highest BCUT2D eigenvalue weighted by atomic mass is 19.1. The van der Waals surface area contributed by atoms with Crippen molar-refractivity contribution in [2.45, 2.75) is 13.0 Å². The maximum Gasteiger partial charge on any atom is 0.271 e. The molecule has 2 aromatic carbocycles. The summed E-state index contributed by atoms with van der Waals surface area (Å²) in [5.74, 6) is -0.604. The second-order valence-electron chi connectivity index (χ2n) is 5.00. The molecule has 2 aromatic rings. The monoisotopic (exact) mass is 317 g/mol. The number of nitrogens with one attached hydrogen (secondary N) is 2. The molecule has 7 heteroatoms. The molecule has 0 saturated heterocycles. The zero-order valence-corrected chi connectivity index (χ0v) is 12.5. The van der Waals surface area contributed by atoms with Crippen molar-refractivity contribution in [3.63, 3.8) is 0 Å². The summed E-state index contributed by atoms with van der Waals surface area (Å²) in [4.78, 5) is 22.1. The SMILES string of the molecule is CC(NC(=O)CNc1cccc([N+](=O)[O-])c1)c1ccc(F)cc1. The van der Waals surface area contributed by atoms with Crippen LogP contribution in [0.15, 0.2) is 48.5 Å². The van der Waals surface area contributed by atoms with Gasteiger partial charge in [0.2, 0.25) is 5.91 Å². The number of nitrogens with zero attached hydrogens (tertiary/aromatic N) is 1. The molecule has 120 valence electrons. The second kappa shape index (κ2) is 7.35. The molecule has 0 aliphatic heterocycles. The Kier molecular flexibility index (Phi) is 5.24. The van der Waals surface area contributed by atoms with E-state index in [9.17, 15) is 19.3 Å². The topological polar surface area (TPSA) is 84.3 Å². The Morgan fingerprint density at radius 1 is 1.26 bits per heavy atom. The molecule has 0 fully saturated rings. The van der Waals surface area contributed by atoms with Crippen LogP contribution in [-0.4, -0.2) is 17.4 Å². The number of nitro benzene ring substituents is 1. The molecule has 0 aliphatic rings. The fraction of sp³-hybridized carbons (Fsp3) is 0.188. The van der Waals surface area contributed by atoms with Crippen molar-refractivity contribution >= 4 is 17.3 Å². The lowest BCUT2D eigenvalue weighted by Gasteiger charge is -2.15. The molecule has 2 rings (SSSR count). The molecule has 1 atom stereocenters. The van der Waals surface area contributed by atoms with E-state index in [4.69, 9.17) is 0 Å². The number of carbonyl (C=O) groups excluding carboxylic acids is 1. The van der Waals surface area contributed by atoms with Gasteiger partial charge >= 0.3 is 0 Å². The van der Waals surface area contributed by atoms with Crippen LogP contribution in [0.2, 0.25) is 0 Å². The summed E-state index contributed by atoms with van der Waals surface area (Å²) in [6.45, 7) is 1.77. The maximum atomic E-state index is 12.9. The minimum atomic E-state index is -0.498. The first kappa shape index (κ1) is 16.4. The van der Waals surface area contributed by atoms with Crippen LogP contribution in [0, 0.1) is 15.9 Å². The summed E-state index contributed by atoms with van der Waals surface area (Å²) < 4.78 is 12.9. The van der Waals surface area contributed by atoms with Crippen LogP contribution in [-0.2, 0) is 4.79 Å². The van der Waals surface area contributed by atoms with Gasteiger partial charge in [0, 0.05) is 17.8 Å². The predicted molar refractivity (Wildman–Crippen MR) is 84.5 cm³/mol. The number of nitro groups is 1. The first-order chi connectivity index (χ1) is 11.0. The van der Waals surface area contributed by atoms with E-state index in [1.807, 2.05) is 0 Å². The summed E-state index contributed by atoms with van der Waals surface area (Å²) in [5.41, 5.74) is 1.23. The number of halogens is 1. The highest BCUT2D eigenvalue weighted by molar-refractivity contribution is 5.81. The molecule has 23 heavy (non-hydrogen) atoms. The van der Waals surface area contributed by atoms with E-state index in [0.717, 1.165) is 5.56 Å². The third-order valence-corrected chi connectivity index (χ3v) is 3.26. The van der Waals surface area contributed by atoms with Gasteiger partial charge in [-0.25, -0.2) is 4.39 Å². The average molecular weight is 317 g/mol. The van der Waals surface area contributed by atoms with Crippen molar-refractivity contribution in [1.29, 1.82) is 0 Å². The third-order valence-electron chi connectivity index (χ3n) is 3.26. The Labute approximate surface area is 132 Å². The molecule has 6 nitrogen and oxygen atoms in total. The fourth-order valence-electron chi connectivity index (χ4n) is 2.04. The number of benzene rings is 2. The summed E-state index contributed by atoms with van der Waals surface area (Å²) >= 11 is 0. The van der Waals surface area contributed by atoms with Gasteiger partial charge in [0.05, 0.1) is 17.5 Å². The van der Waals surface area contributed by atoms with Gasteiger partial charge in [0.1, 0.15) is 5.82 Å². The molecular formula is C16H16FN3O3. The quantitative estimate of drug-likeness (QED) is 0.633. The van der Waals surface area contributed by atoms with E-state index in [-0.39, 0.29) is 30.0 Å². The molecular weight excluding hydrogens is 301 g/mol. The van der Waals surface area contributed by atoms with E-state index in [1.165, 1.54) is 24.3 Å². The lowest BCUT2D eigenvalue weighted by Crippen LogP contribution is -2.32. The molecule has 0 radical (unpaired) electrons. The molecule has 0 bridgehead atoms. The lowest BCUT2D eigenvalue weighted by molar-refractivity contribution is -0.384. The van der Waals surface area contributed by atoms with Crippen molar-refractivity contribution in [2.24, 2.45) is 0 Å². The number of non-ortho nitro benzene ring substituents is 1. The first-order valence-corrected chi connectivity index (χ1v) is 6.99. The smallest absolute Gasteiger partial charge is 0.271 e. The molecule has 1 unspecified atom stereocenters. The molecule has 0 aromatic heterocycles. The van der Waals surface area contributed by atoms with Gasteiger partial charge < -0.3 is 10.6 Å². The van der Waals surface area contributed by atoms with Crippen molar-refractivity contribution in [1.82, 2.24) is 5.32 Å². The fourth-order valence-corrected chi connectivity index (χ4v) is 2.04. The van der Waals surface area contributed by atoms with Crippen LogP contribution < -0.4 is 10.6 Å². The highest BCUT2D eigenvalue weighted by Crippen LogP contribution is 2.17. The molecule has 1 amide bonds. The zero-order valence-electron chi connectivity index (χ0n) is 12.5. The standard InChI is InChI=1S/C16H16FN3O3/c1-11(12-5-7-13(17)8-6-12)19-16(21)10-18-14-3-2-4-15(9-14)20(22)23/h2-9,11,18H,10H2,1H3,(H,19,21). The van der Waals surface area contributed by atoms with Gasteiger partial charge in [-0.05, 0) is 30.7 Å². The van der Waals surface area contributed by atoms with E-state index in [2.05, 4.69) is 10.6 Å². The van der Waals surface area contributed by atoms with Crippen molar-refractivity contribution in [3.8, 4) is 0 Å². The largest absolute Gasteiger partial charge is 0.376 e. The molecule has 0 aliphatic carbocycles. The van der Waals surface area contributed by atoms with E-state index in [0.29, 0.717) is 5.69 Å². The Hall–Kier alpha value is -2.96. The number of rotatable bonds is 6. The minimum absolute atomic E-state index is 0.0211. The van der Waals surface area contributed by atoms with Crippen molar-refractivity contribution < 1.29 is 14.1 Å². The van der Waals surface area contributed by atoms with Crippen LogP contribution in [0.4, 0.5) is 15.8 Å². The first-order valence-electron chi connectivity index (χ1n) is 6.99. The van der Waals surface area contributed by atoms with Crippen molar-refractivity contribution in [3.05, 3.63) is 70.0 Å². The predicted octanol–water partition coefficient (Wildman–Crippen LogP) is 3.02. The van der Waals surface area contributed by atoms with Gasteiger partial charge in [-0.3, -0.25) is 14.9 Å². The number of hydrogen-bond acceptors (Lipinski definition) is 4. The Morgan fingerprint density at radius 3 is 2.61 bits per heavy atom. The Morgan fingerprint density at radius 2 is 1.96 bits per heavy atom. The number of anilines is 1. The van der Waals surface area contributed by atoms with Crippen LogP contribution in [0.25, 0.3) is 0 Å². The van der Waals surface area contributed by atoms with Gasteiger partial charge in [0.15, 0.2) is 0 Å². The van der Waals surface area contributed by atoms with Gasteiger partial charge in [-0.2, -0.15) is 0 Å². The van der Waals surface area contributed by atoms with Crippen LogP contribution in [0.5, 0.6) is 0 Å². The molecule has 0 saturated carbocycles. The van der Waals surface area contributed by atoms with Gasteiger partial charge in [0.25, 0.3) is 5.69 Å². The van der Waals surface area contributed by atoms with Crippen LogP contribution in [0.1, 0.15) is 18.5 Å². The van der Waals surface area contributed by atoms with Crippen LogP contribution in [0.3, 0.4) is 0 Å². The van der Waals surface area contributed by atoms with Crippen molar-refractivity contribution in [2.75, 3.05) is 11.9 Å². The average Bonchev–Trinajstić information content (AvgIpc) is 2.53. The summed E-state index contributed by atoms with van der Waals surface area (Å²) in [6, 6.07) is 11.5.